The van der Waals surface area contributed by atoms with Crippen LogP contribution in [0, 0.1) is 12.7 Å². The standard InChI is InChI=1S/C13H14FN3O2S/c1-8-11(20-7-16-8)5-6-19-10-4-2-3-9(14)12(10)13(15)17-18/h2-4,7,18H,5-6H2,1H3,(H2,15,17). The summed E-state index contributed by atoms with van der Waals surface area (Å²) in [5, 5.41) is 11.5. The van der Waals surface area contributed by atoms with Gasteiger partial charge in [-0.2, -0.15) is 0 Å². The maximum absolute atomic E-state index is 13.7. The average molecular weight is 295 g/mol. The normalized spacial score (nSPS) is 11.6. The minimum Gasteiger partial charge on any atom is -0.492 e. The first-order chi connectivity index (χ1) is 9.63. The second kappa shape index (κ2) is 6.33. The highest BCUT2D eigenvalue weighted by Gasteiger charge is 2.14. The average Bonchev–Trinajstić information content (AvgIpc) is 2.84. The van der Waals surface area contributed by atoms with Gasteiger partial charge in [0.1, 0.15) is 11.6 Å². The quantitative estimate of drug-likeness (QED) is 0.384. The Labute approximate surface area is 119 Å². The maximum atomic E-state index is 13.7. The summed E-state index contributed by atoms with van der Waals surface area (Å²) in [4.78, 5) is 5.26. The number of halogens is 1. The van der Waals surface area contributed by atoms with Gasteiger partial charge in [0.15, 0.2) is 5.84 Å². The van der Waals surface area contributed by atoms with Crippen molar-refractivity contribution in [3.05, 3.63) is 45.7 Å². The SMILES string of the molecule is Cc1ncsc1CCOc1cccc(F)c1C(N)=NO. The second-order valence-electron chi connectivity index (χ2n) is 4.06. The van der Waals surface area contributed by atoms with E-state index in [0.29, 0.717) is 13.0 Å². The lowest BCUT2D eigenvalue weighted by atomic mass is 10.1. The van der Waals surface area contributed by atoms with E-state index in [1.54, 1.807) is 22.9 Å². The van der Waals surface area contributed by atoms with Gasteiger partial charge >= 0.3 is 0 Å². The number of nitrogens with zero attached hydrogens (tertiary/aromatic N) is 2. The lowest BCUT2D eigenvalue weighted by Crippen LogP contribution is -2.17. The second-order valence-corrected chi connectivity index (χ2v) is 5.00. The Morgan fingerprint density at radius 2 is 2.35 bits per heavy atom. The topological polar surface area (TPSA) is 80.7 Å². The largest absolute Gasteiger partial charge is 0.492 e. The van der Waals surface area contributed by atoms with Crippen LogP contribution in [0.5, 0.6) is 5.75 Å². The Hall–Kier alpha value is -2.15. The van der Waals surface area contributed by atoms with Crippen molar-refractivity contribution in [3.8, 4) is 5.75 Å². The summed E-state index contributed by atoms with van der Waals surface area (Å²) in [6.07, 6.45) is 0.669. The summed E-state index contributed by atoms with van der Waals surface area (Å²) in [5.74, 6) is -0.652. The molecule has 0 spiro atoms. The molecule has 1 aromatic heterocycles. The summed E-state index contributed by atoms with van der Waals surface area (Å²) >= 11 is 1.55. The number of rotatable bonds is 5. The first-order valence-electron chi connectivity index (χ1n) is 5.91. The summed E-state index contributed by atoms with van der Waals surface area (Å²) in [7, 11) is 0. The van der Waals surface area contributed by atoms with Crippen molar-refractivity contribution in [2.24, 2.45) is 10.9 Å². The first kappa shape index (κ1) is 14.3. The van der Waals surface area contributed by atoms with E-state index < -0.39 is 5.82 Å². The number of ether oxygens (including phenoxy) is 1. The molecule has 106 valence electrons. The highest BCUT2D eigenvalue weighted by molar-refractivity contribution is 7.09. The van der Waals surface area contributed by atoms with Gasteiger partial charge in [0.05, 0.1) is 23.4 Å². The predicted octanol–water partition coefficient (Wildman–Crippen LogP) is 2.31. The summed E-state index contributed by atoms with van der Waals surface area (Å²) in [5.41, 5.74) is 8.17. The van der Waals surface area contributed by atoms with Crippen molar-refractivity contribution in [1.29, 1.82) is 0 Å². The first-order valence-corrected chi connectivity index (χ1v) is 6.79. The van der Waals surface area contributed by atoms with E-state index in [1.165, 1.54) is 12.1 Å². The van der Waals surface area contributed by atoms with Crippen LogP contribution in [-0.4, -0.2) is 22.6 Å². The third kappa shape index (κ3) is 3.05. The fraction of sp³-hybridized carbons (Fsp3) is 0.231. The van der Waals surface area contributed by atoms with Gasteiger partial charge in [-0.25, -0.2) is 9.37 Å². The van der Waals surface area contributed by atoms with Crippen molar-refractivity contribution in [3.63, 3.8) is 0 Å². The molecular weight excluding hydrogens is 281 g/mol. The molecule has 0 radical (unpaired) electrons. The van der Waals surface area contributed by atoms with Gasteiger partial charge in [-0.15, -0.1) is 11.3 Å². The monoisotopic (exact) mass is 295 g/mol. The van der Waals surface area contributed by atoms with E-state index in [-0.39, 0.29) is 17.1 Å². The minimum absolute atomic E-state index is 0.0315. The molecule has 0 aliphatic heterocycles. The summed E-state index contributed by atoms with van der Waals surface area (Å²) < 4.78 is 19.2. The number of hydrogen-bond acceptors (Lipinski definition) is 5. The Morgan fingerprint density at radius 1 is 1.55 bits per heavy atom. The van der Waals surface area contributed by atoms with Crippen molar-refractivity contribution in [2.45, 2.75) is 13.3 Å². The van der Waals surface area contributed by atoms with Crippen LogP contribution in [0.2, 0.25) is 0 Å². The molecule has 0 saturated carbocycles. The van der Waals surface area contributed by atoms with Gasteiger partial charge in [0.2, 0.25) is 0 Å². The number of amidine groups is 1. The van der Waals surface area contributed by atoms with Crippen LogP contribution in [0.25, 0.3) is 0 Å². The molecule has 0 unspecified atom stereocenters. The molecular formula is C13H14FN3O2S. The van der Waals surface area contributed by atoms with Crippen LogP contribution in [0.1, 0.15) is 16.1 Å². The minimum atomic E-state index is -0.591. The van der Waals surface area contributed by atoms with E-state index in [4.69, 9.17) is 15.7 Å². The van der Waals surface area contributed by atoms with Gasteiger partial charge < -0.3 is 15.7 Å². The zero-order valence-electron chi connectivity index (χ0n) is 10.8. The van der Waals surface area contributed by atoms with Gasteiger partial charge in [-0.3, -0.25) is 0 Å². The molecule has 3 N–H and O–H groups in total. The molecule has 2 aromatic rings. The molecule has 0 amide bonds. The van der Waals surface area contributed by atoms with Gasteiger partial charge in [-0.1, -0.05) is 11.2 Å². The van der Waals surface area contributed by atoms with Crippen LogP contribution < -0.4 is 10.5 Å². The van der Waals surface area contributed by atoms with Crippen LogP contribution >= 0.6 is 11.3 Å². The number of nitrogens with two attached hydrogens (primary N) is 1. The smallest absolute Gasteiger partial charge is 0.176 e. The van der Waals surface area contributed by atoms with E-state index in [0.717, 1.165) is 10.6 Å². The number of oxime groups is 1. The molecule has 0 saturated heterocycles. The third-order valence-corrected chi connectivity index (χ3v) is 3.77. The molecule has 0 aliphatic rings. The molecule has 0 bridgehead atoms. The lowest BCUT2D eigenvalue weighted by Gasteiger charge is -2.11. The predicted molar refractivity (Wildman–Crippen MR) is 75.0 cm³/mol. The molecule has 7 heteroatoms. The van der Waals surface area contributed by atoms with E-state index >= 15 is 0 Å². The Kier molecular flexibility index (Phi) is 4.52. The highest BCUT2D eigenvalue weighted by atomic mass is 32.1. The molecule has 20 heavy (non-hydrogen) atoms. The van der Waals surface area contributed by atoms with Crippen LogP contribution in [-0.2, 0) is 6.42 Å². The molecule has 0 aliphatic carbocycles. The van der Waals surface area contributed by atoms with Crippen LogP contribution in [0.4, 0.5) is 4.39 Å². The van der Waals surface area contributed by atoms with Crippen LogP contribution in [0.3, 0.4) is 0 Å². The van der Waals surface area contributed by atoms with Gasteiger partial charge in [-0.05, 0) is 19.1 Å². The van der Waals surface area contributed by atoms with Gasteiger partial charge in [0, 0.05) is 11.3 Å². The number of thiazole rings is 1. The van der Waals surface area contributed by atoms with E-state index in [1.807, 2.05) is 6.92 Å². The Bertz CT molecular complexity index is 628. The van der Waals surface area contributed by atoms with Crippen LogP contribution in [0.15, 0.2) is 28.9 Å². The number of aryl methyl sites for hydroxylation is 1. The van der Waals surface area contributed by atoms with E-state index in [9.17, 15) is 4.39 Å². The fourth-order valence-electron chi connectivity index (χ4n) is 1.74. The number of benzene rings is 1. The number of aromatic nitrogens is 1. The third-order valence-electron chi connectivity index (χ3n) is 2.77. The van der Waals surface area contributed by atoms with Crippen molar-refractivity contribution in [2.75, 3.05) is 6.61 Å². The highest BCUT2D eigenvalue weighted by Crippen LogP contribution is 2.22. The fourth-order valence-corrected chi connectivity index (χ4v) is 2.51. The zero-order valence-corrected chi connectivity index (χ0v) is 11.7. The van der Waals surface area contributed by atoms with Crippen molar-refractivity contribution < 1.29 is 14.3 Å². The molecule has 1 heterocycles. The molecule has 1 aromatic carbocycles. The molecule has 0 fully saturated rings. The molecule has 0 atom stereocenters. The van der Waals surface area contributed by atoms with Gasteiger partial charge in [0.25, 0.3) is 0 Å². The van der Waals surface area contributed by atoms with Crippen molar-refractivity contribution in [1.82, 2.24) is 4.98 Å². The molecule has 5 nitrogen and oxygen atoms in total. The summed E-state index contributed by atoms with van der Waals surface area (Å²) in [6, 6.07) is 4.32. The van der Waals surface area contributed by atoms with E-state index in [2.05, 4.69) is 10.1 Å². The lowest BCUT2D eigenvalue weighted by molar-refractivity contribution is 0.312. The molecule has 2 rings (SSSR count). The Balaban J connectivity index is 2.10. The van der Waals surface area contributed by atoms with Crippen molar-refractivity contribution >= 4 is 17.2 Å². The maximum Gasteiger partial charge on any atom is 0.176 e. The summed E-state index contributed by atoms with van der Waals surface area (Å²) in [6.45, 7) is 2.29. The zero-order chi connectivity index (χ0) is 14.5. The Morgan fingerprint density at radius 3 is 3.00 bits per heavy atom. The number of hydrogen-bond donors (Lipinski definition) is 2.